The van der Waals surface area contributed by atoms with Crippen LogP contribution in [-0.4, -0.2) is 29.1 Å². The first-order chi connectivity index (χ1) is 8.13. The number of imidazole rings is 1. The van der Waals surface area contributed by atoms with Crippen molar-refractivity contribution in [3.8, 4) is 0 Å². The van der Waals surface area contributed by atoms with Crippen molar-refractivity contribution in [1.29, 1.82) is 0 Å². The fourth-order valence-electron chi connectivity index (χ4n) is 1.53. The monoisotopic (exact) mass is 238 g/mol. The fraction of sp³-hybridized carbons (Fsp3) is 0.667. The maximum atomic E-state index is 11.2. The van der Waals surface area contributed by atoms with Crippen LogP contribution >= 0.6 is 0 Å². The highest BCUT2D eigenvalue weighted by molar-refractivity contribution is 5.75. The van der Waals surface area contributed by atoms with Crippen molar-refractivity contribution in [2.24, 2.45) is 5.92 Å². The van der Waals surface area contributed by atoms with Crippen LogP contribution in [-0.2, 0) is 17.9 Å². The van der Waals surface area contributed by atoms with Crippen molar-refractivity contribution < 1.29 is 4.79 Å². The minimum atomic E-state index is 0.0554. The number of nitrogens with one attached hydrogen (secondary N) is 2. The third-order valence-electron chi connectivity index (χ3n) is 2.52. The second kappa shape index (κ2) is 7.06. The van der Waals surface area contributed by atoms with Gasteiger partial charge in [-0.15, -0.1) is 0 Å². The Morgan fingerprint density at radius 2 is 2.29 bits per heavy atom. The number of carbonyl (C=O) groups is 1. The van der Waals surface area contributed by atoms with Crippen molar-refractivity contribution in [3.05, 3.63) is 18.2 Å². The molecular formula is C12H22N4O. The van der Waals surface area contributed by atoms with Crippen LogP contribution in [0.5, 0.6) is 0 Å². The predicted molar refractivity (Wildman–Crippen MR) is 67.5 cm³/mol. The summed E-state index contributed by atoms with van der Waals surface area (Å²) in [6.07, 6.45) is 4.11. The lowest BCUT2D eigenvalue weighted by Gasteiger charge is -2.10. The molecule has 1 aromatic rings. The lowest BCUT2D eigenvalue weighted by Crippen LogP contribution is -2.22. The molecule has 0 atom stereocenters. The topological polar surface area (TPSA) is 59.0 Å². The Kier molecular flexibility index (Phi) is 5.69. The van der Waals surface area contributed by atoms with E-state index in [9.17, 15) is 4.79 Å². The minimum absolute atomic E-state index is 0.0554. The summed E-state index contributed by atoms with van der Waals surface area (Å²) < 4.78 is 2.02. The summed E-state index contributed by atoms with van der Waals surface area (Å²) in [6, 6.07) is 0. The molecule has 0 aliphatic carbocycles. The Morgan fingerprint density at radius 3 is 2.94 bits per heavy atom. The number of rotatable bonds is 7. The van der Waals surface area contributed by atoms with E-state index < -0.39 is 0 Å². The zero-order valence-corrected chi connectivity index (χ0v) is 10.9. The molecule has 1 rings (SSSR count). The van der Waals surface area contributed by atoms with E-state index in [1.165, 1.54) is 0 Å². The summed E-state index contributed by atoms with van der Waals surface area (Å²) in [7, 11) is 1.65. The summed E-state index contributed by atoms with van der Waals surface area (Å²) in [5, 5.41) is 5.98. The Bertz CT molecular complexity index is 346. The molecule has 0 aromatic carbocycles. The van der Waals surface area contributed by atoms with Crippen molar-refractivity contribution in [2.45, 2.75) is 33.4 Å². The van der Waals surface area contributed by atoms with E-state index in [-0.39, 0.29) is 5.91 Å². The fourth-order valence-corrected chi connectivity index (χ4v) is 1.53. The van der Waals surface area contributed by atoms with Crippen LogP contribution in [0.2, 0.25) is 0 Å². The Labute approximate surface area is 103 Å². The molecule has 0 saturated carbocycles. The summed E-state index contributed by atoms with van der Waals surface area (Å²) in [5.74, 6) is 0.692. The summed E-state index contributed by atoms with van der Waals surface area (Å²) in [6.45, 7) is 6.82. The highest BCUT2D eigenvalue weighted by atomic mass is 16.1. The Hall–Kier alpha value is -1.36. The predicted octanol–water partition coefficient (Wildman–Crippen LogP) is 0.765. The van der Waals surface area contributed by atoms with Crippen LogP contribution in [0.1, 0.15) is 26.0 Å². The van der Waals surface area contributed by atoms with Gasteiger partial charge in [0.15, 0.2) is 0 Å². The third-order valence-corrected chi connectivity index (χ3v) is 2.52. The van der Waals surface area contributed by atoms with E-state index >= 15 is 0 Å². The lowest BCUT2D eigenvalue weighted by molar-refractivity contribution is -0.120. The number of hydrogen-bond donors (Lipinski definition) is 2. The van der Waals surface area contributed by atoms with Crippen LogP contribution in [0.4, 0.5) is 0 Å². The SMILES string of the molecule is CNC(=O)CCn1cncc1CNCC(C)C. The molecule has 0 saturated heterocycles. The van der Waals surface area contributed by atoms with Gasteiger partial charge < -0.3 is 15.2 Å². The van der Waals surface area contributed by atoms with E-state index in [4.69, 9.17) is 0 Å². The first kappa shape index (κ1) is 13.7. The number of nitrogens with zero attached hydrogens (tertiary/aromatic N) is 2. The molecule has 0 radical (unpaired) electrons. The average Bonchev–Trinajstić information content (AvgIpc) is 2.73. The molecule has 2 N–H and O–H groups in total. The molecule has 1 aromatic heterocycles. The number of hydrogen-bond acceptors (Lipinski definition) is 3. The maximum Gasteiger partial charge on any atom is 0.221 e. The van der Waals surface area contributed by atoms with Gasteiger partial charge in [0.25, 0.3) is 0 Å². The van der Waals surface area contributed by atoms with Crippen molar-refractivity contribution in [2.75, 3.05) is 13.6 Å². The van der Waals surface area contributed by atoms with Crippen molar-refractivity contribution in [3.63, 3.8) is 0 Å². The summed E-state index contributed by atoms with van der Waals surface area (Å²) >= 11 is 0. The largest absolute Gasteiger partial charge is 0.359 e. The van der Waals surface area contributed by atoms with Gasteiger partial charge in [-0.1, -0.05) is 13.8 Å². The quantitative estimate of drug-likeness (QED) is 0.737. The van der Waals surface area contributed by atoms with Gasteiger partial charge in [0.2, 0.25) is 5.91 Å². The number of amides is 1. The van der Waals surface area contributed by atoms with E-state index in [0.717, 1.165) is 18.8 Å². The zero-order chi connectivity index (χ0) is 12.7. The summed E-state index contributed by atoms with van der Waals surface area (Å²) in [4.78, 5) is 15.3. The van der Waals surface area contributed by atoms with Crippen molar-refractivity contribution in [1.82, 2.24) is 20.2 Å². The standard InChI is InChI=1S/C12H22N4O/c1-10(2)6-14-7-11-8-15-9-16(11)5-4-12(17)13-3/h8-10,14H,4-7H2,1-3H3,(H,13,17). The molecule has 0 fully saturated rings. The molecule has 5 heteroatoms. The smallest absolute Gasteiger partial charge is 0.221 e. The first-order valence-corrected chi connectivity index (χ1v) is 6.03. The lowest BCUT2D eigenvalue weighted by atomic mass is 10.2. The zero-order valence-electron chi connectivity index (χ0n) is 10.9. The normalized spacial score (nSPS) is 10.8. The summed E-state index contributed by atoms with van der Waals surface area (Å²) in [5.41, 5.74) is 1.12. The third kappa shape index (κ3) is 4.99. The molecule has 1 amide bonds. The molecule has 0 aliphatic rings. The Balaban J connectivity index is 2.40. The van der Waals surface area contributed by atoms with Crippen molar-refractivity contribution >= 4 is 5.91 Å². The van der Waals surface area contributed by atoms with E-state index in [1.54, 1.807) is 13.4 Å². The molecule has 0 aliphatic heterocycles. The van der Waals surface area contributed by atoms with E-state index in [1.807, 2.05) is 10.8 Å². The van der Waals surface area contributed by atoms with Gasteiger partial charge in [0.1, 0.15) is 0 Å². The number of carbonyl (C=O) groups excluding carboxylic acids is 1. The molecule has 0 bridgehead atoms. The van der Waals surface area contributed by atoms with Gasteiger partial charge in [0.05, 0.1) is 12.0 Å². The first-order valence-electron chi connectivity index (χ1n) is 6.03. The molecule has 1 heterocycles. The van der Waals surface area contributed by atoms with E-state index in [2.05, 4.69) is 29.5 Å². The highest BCUT2D eigenvalue weighted by Crippen LogP contribution is 2.01. The van der Waals surface area contributed by atoms with Gasteiger partial charge in [-0.05, 0) is 12.5 Å². The molecule has 0 spiro atoms. The van der Waals surface area contributed by atoms with Gasteiger partial charge >= 0.3 is 0 Å². The van der Waals surface area contributed by atoms with Gasteiger partial charge in [-0.25, -0.2) is 4.98 Å². The van der Waals surface area contributed by atoms with Crippen LogP contribution in [0.25, 0.3) is 0 Å². The Morgan fingerprint density at radius 1 is 1.53 bits per heavy atom. The molecule has 96 valence electrons. The number of aryl methyl sites for hydroxylation is 1. The molecule has 17 heavy (non-hydrogen) atoms. The van der Waals surface area contributed by atoms with Gasteiger partial charge in [0, 0.05) is 32.8 Å². The molecule has 5 nitrogen and oxygen atoms in total. The highest BCUT2D eigenvalue weighted by Gasteiger charge is 2.04. The molecule has 0 unspecified atom stereocenters. The maximum absolute atomic E-state index is 11.2. The van der Waals surface area contributed by atoms with E-state index in [0.29, 0.717) is 18.9 Å². The van der Waals surface area contributed by atoms with Crippen LogP contribution in [0, 0.1) is 5.92 Å². The second-order valence-corrected chi connectivity index (χ2v) is 4.53. The van der Waals surface area contributed by atoms with Crippen LogP contribution in [0.15, 0.2) is 12.5 Å². The van der Waals surface area contributed by atoms with Crippen LogP contribution < -0.4 is 10.6 Å². The van der Waals surface area contributed by atoms with Gasteiger partial charge in [-0.3, -0.25) is 4.79 Å². The van der Waals surface area contributed by atoms with Crippen LogP contribution in [0.3, 0.4) is 0 Å². The van der Waals surface area contributed by atoms with Gasteiger partial charge in [-0.2, -0.15) is 0 Å². The number of aromatic nitrogens is 2. The minimum Gasteiger partial charge on any atom is -0.359 e. The molecular weight excluding hydrogens is 216 g/mol. The average molecular weight is 238 g/mol. The second-order valence-electron chi connectivity index (χ2n) is 4.53.